The molecule has 0 radical (unpaired) electrons. The summed E-state index contributed by atoms with van der Waals surface area (Å²) in [5.74, 6) is -2.04. The van der Waals surface area contributed by atoms with Gasteiger partial charge in [-0.25, -0.2) is 13.8 Å². The number of hydrogen-bond donors (Lipinski definition) is 3. The van der Waals surface area contributed by atoms with Gasteiger partial charge in [-0.15, -0.1) is 0 Å². The lowest BCUT2D eigenvalue weighted by Gasteiger charge is -2.29. The fraction of sp³-hybridized carbons (Fsp3) is 0.474. The van der Waals surface area contributed by atoms with Crippen molar-refractivity contribution >= 4 is 27.8 Å². The minimum Gasteiger partial charge on any atom is -0.472 e. The quantitative estimate of drug-likeness (QED) is 0.322. The number of halogens is 2. The Bertz CT molecular complexity index is 1040. The van der Waals surface area contributed by atoms with Crippen LogP contribution in [0.1, 0.15) is 25.3 Å². The third kappa shape index (κ3) is 6.25. The van der Waals surface area contributed by atoms with Gasteiger partial charge < -0.3 is 14.9 Å². The number of nitrogens with one attached hydrogen (secondary N) is 1. The average molecular weight is 491 g/mol. The number of hydrogen-bond acceptors (Lipinski definition) is 8. The molecule has 1 aliphatic rings. The van der Waals surface area contributed by atoms with Gasteiger partial charge in [0.2, 0.25) is 5.88 Å². The Hall–Kier alpha value is -2.06. The lowest BCUT2D eigenvalue weighted by Crippen LogP contribution is -2.45. The standard InChI is InChI=1S/C19H24F2N4O5S2/c1-12(15(27)6-9-26)30-17-10-16(24-32(28,29)25-7-3-8-25)22-19(23-17)31-11-13-4-2-5-14(20)18(13)21/h2,4-5,10,12,15,26-27H,3,6-9,11H2,1H3,(H,22,23,24)/t12-,15-/m1/s1. The summed E-state index contributed by atoms with van der Waals surface area (Å²) in [6.07, 6.45) is -0.884. The highest BCUT2D eigenvalue weighted by molar-refractivity contribution is 7.98. The summed E-state index contributed by atoms with van der Waals surface area (Å²) in [5, 5.41) is 19.0. The number of aliphatic hydroxyl groups is 2. The van der Waals surface area contributed by atoms with Crippen LogP contribution in [0.4, 0.5) is 14.6 Å². The molecule has 0 aliphatic carbocycles. The molecule has 2 heterocycles. The van der Waals surface area contributed by atoms with E-state index in [-0.39, 0.29) is 41.2 Å². The van der Waals surface area contributed by atoms with Crippen molar-refractivity contribution in [3.63, 3.8) is 0 Å². The largest absolute Gasteiger partial charge is 0.472 e. The van der Waals surface area contributed by atoms with Gasteiger partial charge in [-0.05, 0) is 25.8 Å². The number of ether oxygens (including phenoxy) is 1. The molecule has 176 valence electrons. The lowest BCUT2D eigenvalue weighted by molar-refractivity contribution is 0.0277. The van der Waals surface area contributed by atoms with E-state index in [9.17, 15) is 22.3 Å². The van der Waals surface area contributed by atoms with Crippen LogP contribution in [0, 0.1) is 11.6 Å². The van der Waals surface area contributed by atoms with Gasteiger partial charge in [0, 0.05) is 37.1 Å². The van der Waals surface area contributed by atoms with Crippen LogP contribution in [0.2, 0.25) is 0 Å². The second-order valence-corrected chi connectivity index (χ2v) is 9.75. The molecule has 0 amide bonds. The van der Waals surface area contributed by atoms with Crippen molar-refractivity contribution < 1.29 is 32.1 Å². The molecule has 13 heteroatoms. The predicted octanol–water partition coefficient (Wildman–Crippen LogP) is 1.92. The number of nitrogens with zero attached hydrogens (tertiary/aromatic N) is 3. The molecule has 1 aromatic carbocycles. The van der Waals surface area contributed by atoms with E-state index in [4.69, 9.17) is 9.84 Å². The van der Waals surface area contributed by atoms with Crippen molar-refractivity contribution in [2.75, 3.05) is 24.4 Å². The van der Waals surface area contributed by atoms with E-state index in [0.29, 0.717) is 13.1 Å². The maximum Gasteiger partial charge on any atom is 0.302 e. The Morgan fingerprint density at radius 2 is 2.06 bits per heavy atom. The summed E-state index contributed by atoms with van der Waals surface area (Å²) in [5.41, 5.74) is 0.0966. The van der Waals surface area contributed by atoms with Crippen molar-refractivity contribution in [1.29, 1.82) is 0 Å². The van der Waals surface area contributed by atoms with Crippen LogP contribution < -0.4 is 9.46 Å². The van der Waals surface area contributed by atoms with Crippen molar-refractivity contribution in [1.82, 2.24) is 14.3 Å². The van der Waals surface area contributed by atoms with Crippen LogP contribution in [-0.2, 0) is 16.0 Å². The number of rotatable bonds is 11. The van der Waals surface area contributed by atoms with E-state index in [1.807, 2.05) is 0 Å². The number of thioether (sulfide) groups is 1. The highest BCUT2D eigenvalue weighted by Gasteiger charge is 2.28. The number of anilines is 1. The van der Waals surface area contributed by atoms with Gasteiger partial charge in [0.25, 0.3) is 0 Å². The van der Waals surface area contributed by atoms with Gasteiger partial charge in [0.15, 0.2) is 16.8 Å². The molecule has 2 atom stereocenters. The molecule has 1 fully saturated rings. The molecule has 0 unspecified atom stereocenters. The molecule has 1 aromatic heterocycles. The fourth-order valence-electron chi connectivity index (χ4n) is 2.74. The molecule has 2 aromatic rings. The van der Waals surface area contributed by atoms with Crippen LogP contribution in [-0.4, -0.2) is 64.8 Å². The third-order valence-electron chi connectivity index (χ3n) is 4.73. The monoisotopic (exact) mass is 490 g/mol. The van der Waals surface area contributed by atoms with E-state index in [0.717, 1.165) is 24.2 Å². The second-order valence-electron chi connectivity index (χ2n) is 7.14. The summed E-state index contributed by atoms with van der Waals surface area (Å²) in [6.45, 7) is 2.13. The number of aromatic nitrogens is 2. The second kappa shape index (κ2) is 10.7. The molecule has 0 spiro atoms. The Balaban J connectivity index is 1.82. The van der Waals surface area contributed by atoms with Crippen LogP contribution in [0.15, 0.2) is 29.4 Å². The molecular formula is C19H24F2N4O5S2. The zero-order valence-electron chi connectivity index (χ0n) is 17.2. The van der Waals surface area contributed by atoms with Crippen LogP contribution in [0.3, 0.4) is 0 Å². The average Bonchev–Trinajstić information content (AvgIpc) is 2.67. The molecule has 0 bridgehead atoms. The fourth-order valence-corrected chi connectivity index (χ4v) is 4.81. The molecule has 3 N–H and O–H groups in total. The van der Waals surface area contributed by atoms with Gasteiger partial charge in [-0.3, -0.25) is 4.72 Å². The van der Waals surface area contributed by atoms with Gasteiger partial charge in [-0.2, -0.15) is 17.7 Å². The van der Waals surface area contributed by atoms with Crippen LogP contribution >= 0.6 is 11.8 Å². The Kier molecular flexibility index (Phi) is 8.22. The molecule has 1 aliphatic heterocycles. The molecule has 32 heavy (non-hydrogen) atoms. The molecule has 0 saturated carbocycles. The molecular weight excluding hydrogens is 466 g/mol. The van der Waals surface area contributed by atoms with Gasteiger partial charge in [0.1, 0.15) is 11.9 Å². The van der Waals surface area contributed by atoms with E-state index < -0.39 is 34.1 Å². The van der Waals surface area contributed by atoms with Crippen molar-refractivity contribution in [3.05, 3.63) is 41.5 Å². The maximum absolute atomic E-state index is 14.0. The Morgan fingerprint density at radius 3 is 2.72 bits per heavy atom. The van der Waals surface area contributed by atoms with E-state index in [2.05, 4.69) is 14.7 Å². The summed E-state index contributed by atoms with van der Waals surface area (Å²) < 4.78 is 61.5. The first-order valence-corrected chi connectivity index (χ1v) is 12.3. The summed E-state index contributed by atoms with van der Waals surface area (Å²) in [6, 6.07) is 5.08. The SMILES string of the molecule is C[C@@H](Oc1cc(NS(=O)(=O)N2CCC2)nc(SCc2cccc(F)c2F)n1)[C@H](O)CCO. The molecule has 3 rings (SSSR count). The molecule has 1 saturated heterocycles. The normalized spacial score (nSPS) is 16.3. The first kappa shape index (κ1) is 24.6. The first-order valence-electron chi connectivity index (χ1n) is 9.88. The predicted molar refractivity (Wildman–Crippen MR) is 114 cm³/mol. The van der Waals surface area contributed by atoms with Crippen molar-refractivity contribution in [3.8, 4) is 5.88 Å². The Morgan fingerprint density at radius 1 is 1.31 bits per heavy atom. The lowest BCUT2D eigenvalue weighted by atomic mass is 10.2. The minimum atomic E-state index is -3.81. The third-order valence-corrected chi connectivity index (χ3v) is 7.14. The van der Waals surface area contributed by atoms with Crippen LogP contribution in [0.25, 0.3) is 0 Å². The van der Waals surface area contributed by atoms with Gasteiger partial charge >= 0.3 is 10.2 Å². The van der Waals surface area contributed by atoms with E-state index >= 15 is 0 Å². The van der Waals surface area contributed by atoms with Crippen molar-refractivity contribution in [2.24, 2.45) is 0 Å². The zero-order chi connectivity index (χ0) is 23.3. The minimum absolute atomic E-state index is 0.00590. The highest BCUT2D eigenvalue weighted by atomic mass is 32.2. The van der Waals surface area contributed by atoms with Crippen LogP contribution in [0.5, 0.6) is 5.88 Å². The topological polar surface area (TPSA) is 125 Å². The number of aliphatic hydroxyl groups excluding tert-OH is 2. The van der Waals surface area contributed by atoms with E-state index in [1.54, 1.807) is 6.92 Å². The highest BCUT2D eigenvalue weighted by Crippen LogP contribution is 2.27. The summed E-state index contributed by atoms with van der Waals surface area (Å²) >= 11 is 0.965. The first-order chi connectivity index (χ1) is 15.2. The smallest absolute Gasteiger partial charge is 0.302 e. The summed E-state index contributed by atoms with van der Waals surface area (Å²) in [7, 11) is -3.81. The maximum atomic E-state index is 14.0. The van der Waals surface area contributed by atoms with Gasteiger partial charge in [0.05, 0.1) is 6.10 Å². The Labute approximate surface area is 189 Å². The van der Waals surface area contributed by atoms with E-state index in [1.165, 1.54) is 22.5 Å². The summed E-state index contributed by atoms with van der Waals surface area (Å²) in [4.78, 5) is 8.33. The molecule has 9 nitrogen and oxygen atoms in total. The number of benzene rings is 1. The zero-order valence-corrected chi connectivity index (χ0v) is 18.9. The van der Waals surface area contributed by atoms with Crippen molar-refractivity contribution in [2.45, 2.75) is 42.9 Å². The van der Waals surface area contributed by atoms with Gasteiger partial charge in [-0.1, -0.05) is 23.9 Å².